The first-order valence-electron chi connectivity index (χ1n) is 7.90. The molecule has 0 amide bonds. The number of fused-ring (bicyclic) bond motifs is 1. The van der Waals surface area contributed by atoms with Crippen LogP contribution < -0.4 is 5.32 Å². The molecule has 25 heavy (non-hydrogen) atoms. The van der Waals surface area contributed by atoms with Gasteiger partial charge < -0.3 is 5.32 Å². The van der Waals surface area contributed by atoms with E-state index in [1.165, 1.54) is 18.5 Å². The van der Waals surface area contributed by atoms with Crippen LogP contribution in [0.2, 0.25) is 0 Å². The Morgan fingerprint density at radius 1 is 1.00 bits per heavy atom. The molecule has 1 N–H and O–H groups in total. The molecule has 4 rings (SSSR count). The Morgan fingerprint density at radius 2 is 1.88 bits per heavy atom. The second-order valence-corrected chi connectivity index (χ2v) is 5.51. The Hall–Kier alpha value is -3.35. The normalized spacial score (nSPS) is 10.9. The molecular formula is C18H15FN6. The molecule has 124 valence electrons. The molecule has 3 aromatic heterocycles. The molecule has 4 aromatic rings. The standard InChI is InChI=1S/C18H15FN6/c19-14-6-4-13(5-7-14)8-10-21-17-15-11-24-25(18(15)23-12-22-17)16-3-1-2-9-20-16/h1-7,9,11-12H,8,10H2,(H,21,22,23). The first-order valence-corrected chi connectivity index (χ1v) is 7.90. The predicted molar refractivity (Wildman–Crippen MR) is 93.0 cm³/mol. The van der Waals surface area contributed by atoms with Gasteiger partial charge in [-0.1, -0.05) is 18.2 Å². The fourth-order valence-corrected chi connectivity index (χ4v) is 2.61. The summed E-state index contributed by atoms with van der Waals surface area (Å²) in [5, 5.41) is 8.50. The van der Waals surface area contributed by atoms with Crippen molar-refractivity contribution in [3.63, 3.8) is 0 Å². The largest absolute Gasteiger partial charge is 0.369 e. The van der Waals surface area contributed by atoms with E-state index in [1.54, 1.807) is 29.2 Å². The number of halogens is 1. The van der Waals surface area contributed by atoms with Gasteiger partial charge in [0.05, 0.1) is 11.6 Å². The van der Waals surface area contributed by atoms with Crippen molar-refractivity contribution in [2.75, 3.05) is 11.9 Å². The molecule has 0 unspecified atom stereocenters. The Morgan fingerprint density at radius 3 is 2.68 bits per heavy atom. The molecule has 0 saturated carbocycles. The van der Waals surface area contributed by atoms with Crippen LogP contribution in [0.4, 0.5) is 10.2 Å². The van der Waals surface area contributed by atoms with Gasteiger partial charge in [-0.25, -0.2) is 19.3 Å². The van der Waals surface area contributed by atoms with Gasteiger partial charge in [0.25, 0.3) is 0 Å². The number of nitrogens with zero attached hydrogens (tertiary/aromatic N) is 5. The van der Waals surface area contributed by atoms with E-state index in [2.05, 4.69) is 25.4 Å². The molecule has 0 aliphatic rings. The second-order valence-electron chi connectivity index (χ2n) is 5.51. The summed E-state index contributed by atoms with van der Waals surface area (Å²) in [6.07, 6.45) is 5.71. The van der Waals surface area contributed by atoms with Crippen molar-refractivity contribution >= 4 is 16.9 Å². The van der Waals surface area contributed by atoms with Crippen molar-refractivity contribution < 1.29 is 4.39 Å². The Kier molecular flexibility index (Phi) is 4.04. The summed E-state index contributed by atoms with van der Waals surface area (Å²) in [7, 11) is 0. The molecule has 0 aliphatic carbocycles. The first-order chi connectivity index (χ1) is 12.3. The number of hydrogen-bond donors (Lipinski definition) is 1. The highest BCUT2D eigenvalue weighted by Gasteiger charge is 2.11. The number of aromatic nitrogens is 5. The number of anilines is 1. The van der Waals surface area contributed by atoms with Gasteiger partial charge in [-0.2, -0.15) is 9.78 Å². The average molecular weight is 334 g/mol. The number of benzene rings is 1. The SMILES string of the molecule is Fc1ccc(CCNc2ncnc3c2cnn3-c2ccccn2)cc1. The maximum absolute atomic E-state index is 12.9. The highest BCUT2D eigenvalue weighted by Crippen LogP contribution is 2.20. The van der Waals surface area contributed by atoms with E-state index in [9.17, 15) is 4.39 Å². The lowest BCUT2D eigenvalue weighted by atomic mass is 10.1. The van der Waals surface area contributed by atoms with Crippen molar-refractivity contribution in [3.8, 4) is 5.82 Å². The van der Waals surface area contributed by atoms with Crippen molar-refractivity contribution in [1.29, 1.82) is 0 Å². The van der Waals surface area contributed by atoms with Crippen LogP contribution in [0.5, 0.6) is 0 Å². The van der Waals surface area contributed by atoms with E-state index in [1.807, 2.05) is 18.2 Å². The fraction of sp³-hybridized carbons (Fsp3) is 0.111. The predicted octanol–water partition coefficient (Wildman–Crippen LogP) is 3.00. The van der Waals surface area contributed by atoms with E-state index < -0.39 is 0 Å². The van der Waals surface area contributed by atoms with Crippen LogP contribution in [-0.4, -0.2) is 31.3 Å². The Balaban J connectivity index is 1.54. The van der Waals surface area contributed by atoms with Crippen LogP contribution in [0.3, 0.4) is 0 Å². The number of nitrogens with one attached hydrogen (secondary N) is 1. The van der Waals surface area contributed by atoms with Crippen LogP contribution >= 0.6 is 0 Å². The number of pyridine rings is 1. The van der Waals surface area contributed by atoms with E-state index in [0.29, 0.717) is 23.8 Å². The highest BCUT2D eigenvalue weighted by molar-refractivity contribution is 5.86. The lowest BCUT2D eigenvalue weighted by molar-refractivity contribution is 0.627. The quantitative estimate of drug-likeness (QED) is 0.608. The van der Waals surface area contributed by atoms with Gasteiger partial charge in [0.15, 0.2) is 11.5 Å². The smallest absolute Gasteiger partial charge is 0.170 e. The summed E-state index contributed by atoms with van der Waals surface area (Å²) in [6.45, 7) is 0.673. The molecule has 0 saturated heterocycles. The van der Waals surface area contributed by atoms with Crippen LogP contribution in [0, 0.1) is 5.82 Å². The molecule has 6 nitrogen and oxygen atoms in total. The summed E-state index contributed by atoms with van der Waals surface area (Å²) in [4.78, 5) is 12.9. The zero-order valence-corrected chi connectivity index (χ0v) is 13.3. The van der Waals surface area contributed by atoms with E-state index in [4.69, 9.17) is 0 Å². The van der Waals surface area contributed by atoms with Crippen molar-refractivity contribution in [2.24, 2.45) is 0 Å². The monoisotopic (exact) mass is 334 g/mol. The third-order valence-electron chi connectivity index (χ3n) is 3.85. The summed E-state index contributed by atoms with van der Waals surface area (Å²) in [5.41, 5.74) is 1.75. The zero-order valence-electron chi connectivity index (χ0n) is 13.3. The molecular weight excluding hydrogens is 319 g/mol. The highest BCUT2D eigenvalue weighted by atomic mass is 19.1. The van der Waals surface area contributed by atoms with Gasteiger partial charge in [0.2, 0.25) is 0 Å². The molecule has 0 spiro atoms. The fourth-order valence-electron chi connectivity index (χ4n) is 2.61. The van der Waals surface area contributed by atoms with Crippen LogP contribution in [0.25, 0.3) is 16.9 Å². The van der Waals surface area contributed by atoms with E-state index in [0.717, 1.165) is 17.4 Å². The molecule has 1 aromatic carbocycles. The van der Waals surface area contributed by atoms with Gasteiger partial charge >= 0.3 is 0 Å². The van der Waals surface area contributed by atoms with Crippen molar-refractivity contribution in [3.05, 3.63) is 72.6 Å². The van der Waals surface area contributed by atoms with Crippen LogP contribution in [0.15, 0.2) is 61.2 Å². The summed E-state index contributed by atoms with van der Waals surface area (Å²) in [5.74, 6) is 1.19. The third kappa shape index (κ3) is 3.16. The topological polar surface area (TPSA) is 68.5 Å². The van der Waals surface area contributed by atoms with Crippen LogP contribution in [0.1, 0.15) is 5.56 Å². The molecule has 0 radical (unpaired) electrons. The number of rotatable bonds is 5. The minimum absolute atomic E-state index is 0.226. The lowest BCUT2D eigenvalue weighted by Gasteiger charge is -2.07. The van der Waals surface area contributed by atoms with Gasteiger partial charge in [0, 0.05) is 12.7 Å². The molecule has 0 atom stereocenters. The molecule has 0 aliphatic heterocycles. The number of hydrogen-bond acceptors (Lipinski definition) is 5. The van der Waals surface area contributed by atoms with E-state index >= 15 is 0 Å². The van der Waals surface area contributed by atoms with Crippen LogP contribution in [-0.2, 0) is 6.42 Å². The van der Waals surface area contributed by atoms with E-state index in [-0.39, 0.29) is 5.82 Å². The minimum Gasteiger partial charge on any atom is -0.369 e. The van der Waals surface area contributed by atoms with Gasteiger partial charge in [-0.3, -0.25) is 0 Å². The summed E-state index contributed by atoms with van der Waals surface area (Å²) >= 11 is 0. The Labute approximate surface area is 143 Å². The van der Waals surface area contributed by atoms with Crippen molar-refractivity contribution in [1.82, 2.24) is 24.7 Å². The molecule has 0 fully saturated rings. The van der Waals surface area contributed by atoms with Gasteiger partial charge in [0.1, 0.15) is 18.0 Å². The van der Waals surface area contributed by atoms with Gasteiger partial charge in [-0.05, 0) is 36.2 Å². The second kappa shape index (κ2) is 6.64. The first kappa shape index (κ1) is 15.2. The maximum Gasteiger partial charge on any atom is 0.170 e. The molecule has 7 heteroatoms. The molecule has 3 heterocycles. The summed E-state index contributed by atoms with van der Waals surface area (Å²) < 4.78 is 14.6. The molecule has 0 bridgehead atoms. The van der Waals surface area contributed by atoms with Crippen molar-refractivity contribution in [2.45, 2.75) is 6.42 Å². The zero-order chi connectivity index (χ0) is 17.1. The average Bonchev–Trinajstić information content (AvgIpc) is 3.09. The third-order valence-corrected chi connectivity index (χ3v) is 3.85. The maximum atomic E-state index is 12.9. The van der Waals surface area contributed by atoms with Gasteiger partial charge in [-0.15, -0.1) is 0 Å². The minimum atomic E-state index is -0.226. The Bertz CT molecular complexity index is 982. The summed E-state index contributed by atoms with van der Waals surface area (Å²) in [6, 6.07) is 12.1. The lowest BCUT2D eigenvalue weighted by Crippen LogP contribution is -2.07.